The highest BCUT2D eigenvalue weighted by molar-refractivity contribution is 6.34. The van der Waals surface area contributed by atoms with Crippen LogP contribution in [-0.4, -0.2) is 29.3 Å². The van der Waals surface area contributed by atoms with Gasteiger partial charge in [0.1, 0.15) is 5.69 Å². The monoisotopic (exact) mass is 300 g/mol. The maximum atomic E-state index is 13.2. The van der Waals surface area contributed by atoms with Gasteiger partial charge in [-0.2, -0.15) is 5.10 Å². The Hall–Kier alpha value is -1.79. The van der Waals surface area contributed by atoms with Gasteiger partial charge in [0.15, 0.2) is 11.6 Å². The largest absolute Gasteiger partial charge is 0.383 e. The van der Waals surface area contributed by atoms with Gasteiger partial charge in [-0.25, -0.2) is 8.78 Å². The predicted octanol–water partition coefficient (Wildman–Crippen LogP) is 2.69. The molecule has 0 radical (unpaired) electrons. The number of ketones is 1. The Morgan fingerprint density at radius 3 is 2.80 bits per heavy atom. The summed E-state index contributed by atoms with van der Waals surface area (Å²) in [7, 11) is 1.52. The highest BCUT2D eigenvalue weighted by atomic mass is 35.5. The molecule has 1 aromatic carbocycles. The summed E-state index contributed by atoms with van der Waals surface area (Å²) in [5, 5.41) is 4.10. The van der Waals surface area contributed by atoms with E-state index in [9.17, 15) is 13.6 Å². The van der Waals surface area contributed by atoms with Crippen LogP contribution < -0.4 is 0 Å². The molecule has 0 atom stereocenters. The minimum atomic E-state index is -1.09. The van der Waals surface area contributed by atoms with Gasteiger partial charge in [0.05, 0.1) is 24.4 Å². The Morgan fingerprint density at radius 2 is 2.15 bits per heavy atom. The highest BCUT2D eigenvalue weighted by Gasteiger charge is 2.20. The summed E-state index contributed by atoms with van der Waals surface area (Å²) < 4.78 is 32.3. The number of carbonyl (C=O) groups is 1. The van der Waals surface area contributed by atoms with Gasteiger partial charge in [0.2, 0.25) is 5.78 Å². The van der Waals surface area contributed by atoms with Gasteiger partial charge in [-0.15, -0.1) is 0 Å². The zero-order chi connectivity index (χ0) is 14.7. The van der Waals surface area contributed by atoms with Crippen molar-refractivity contribution in [1.82, 2.24) is 9.78 Å². The molecule has 7 heteroatoms. The first-order valence-corrected chi connectivity index (χ1v) is 6.12. The third-order valence-electron chi connectivity index (χ3n) is 2.70. The van der Waals surface area contributed by atoms with Crippen molar-refractivity contribution in [2.75, 3.05) is 13.7 Å². The number of aromatic nitrogens is 2. The highest BCUT2D eigenvalue weighted by Crippen LogP contribution is 2.20. The smallest absolute Gasteiger partial charge is 0.212 e. The average Bonchev–Trinajstić information content (AvgIpc) is 2.80. The zero-order valence-electron chi connectivity index (χ0n) is 10.6. The van der Waals surface area contributed by atoms with Crippen molar-refractivity contribution in [3.05, 3.63) is 52.3 Å². The molecule has 1 aromatic heterocycles. The van der Waals surface area contributed by atoms with Crippen molar-refractivity contribution in [3.63, 3.8) is 0 Å². The number of halogens is 3. The number of ether oxygens (including phenoxy) is 1. The minimum absolute atomic E-state index is 0.00460. The molecule has 4 nitrogen and oxygen atoms in total. The topological polar surface area (TPSA) is 44.1 Å². The van der Waals surface area contributed by atoms with Gasteiger partial charge >= 0.3 is 0 Å². The molecule has 0 aliphatic carbocycles. The van der Waals surface area contributed by atoms with Crippen LogP contribution in [-0.2, 0) is 11.3 Å². The van der Waals surface area contributed by atoms with E-state index >= 15 is 0 Å². The van der Waals surface area contributed by atoms with E-state index in [0.717, 1.165) is 12.1 Å². The summed E-state index contributed by atoms with van der Waals surface area (Å²) in [6.07, 6.45) is 1.32. The third-order valence-corrected chi connectivity index (χ3v) is 2.98. The summed E-state index contributed by atoms with van der Waals surface area (Å²) >= 11 is 5.93. The standard InChI is InChI=1S/C13H11ClF2N2O2/c1-20-5-4-18-12(9(14)7-17-18)13(19)8-2-3-10(15)11(16)6-8/h2-3,6-7H,4-5H2,1H3. The molecule has 2 rings (SSSR count). The normalized spacial score (nSPS) is 10.8. The van der Waals surface area contributed by atoms with Crippen LogP contribution in [0.5, 0.6) is 0 Å². The van der Waals surface area contributed by atoms with E-state index in [1.54, 1.807) is 0 Å². The van der Waals surface area contributed by atoms with Crippen molar-refractivity contribution in [2.45, 2.75) is 6.54 Å². The van der Waals surface area contributed by atoms with Crippen LogP contribution in [0.2, 0.25) is 5.02 Å². The van der Waals surface area contributed by atoms with E-state index < -0.39 is 17.4 Å². The van der Waals surface area contributed by atoms with Crippen LogP contribution in [0, 0.1) is 11.6 Å². The number of benzene rings is 1. The molecule has 106 valence electrons. The zero-order valence-corrected chi connectivity index (χ0v) is 11.3. The number of hydrogen-bond acceptors (Lipinski definition) is 3. The van der Waals surface area contributed by atoms with E-state index in [-0.39, 0.29) is 16.3 Å². The Labute approximate surface area is 118 Å². The molecular formula is C13H11ClF2N2O2. The fourth-order valence-electron chi connectivity index (χ4n) is 1.71. The molecule has 20 heavy (non-hydrogen) atoms. The molecule has 0 unspecified atom stereocenters. The molecule has 0 fully saturated rings. The molecule has 0 bridgehead atoms. The first kappa shape index (κ1) is 14.6. The second-order valence-corrected chi connectivity index (χ2v) is 4.42. The van der Waals surface area contributed by atoms with Crippen LogP contribution in [0.25, 0.3) is 0 Å². The Kier molecular flexibility index (Phi) is 4.46. The van der Waals surface area contributed by atoms with Gasteiger partial charge in [0, 0.05) is 12.7 Å². The SMILES string of the molecule is COCCn1ncc(Cl)c1C(=O)c1ccc(F)c(F)c1. The Balaban J connectivity index is 2.37. The number of methoxy groups -OCH3 is 1. The lowest BCUT2D eigenvalue weighted by atomic mass is 10.1. The van der Waals surface area contributed by atoms with E-state index in [4.69, 9.17) is 16.3 Å². The van der Waals surface area contributed by atoms with Crippen molar-refractivity contribution in [3.8, 4) is 0 Å². The van der Waals surface area contributed by atoms with Crippen molar-refractivity contribution < 1.29 is 18.3 Å². The van der Waals surface area contributed by atoms with Crippen LogP contribution in [0.15, 0.2) is 24.4 Å². The molecule has 0 saturated carbocycles. The third kappa shape index (κ3) is 2.86. The average molecular weight is 301 g/mol. The van der Waals surface area contributed by atoms with Gasteiger partial charge in [-0.3, -0.25) is 9.48 Å². The maximum absolute atomic E-state index is 13.2. The first-order chi connectivity index (χ1) is 9.54. The van der Waals surface area contributed by atoms with Crippen molar-refractivity contribution in [1.29, 1.82) is 0 Å². The van der Waals surface area contributed by atoms with Gasteiger partial charge in [0.25, 0.3) is 0 Å². The number of rotatable bonds is 5. The minimum Gasteiger partial charge on any atom is -0.383 e. The molecular weight excluding hydrogens is 290 g/mol. The second-order valence-electron chi connectivity index (χ2n) is 4.02. The summed E-state index contributed by atoms with van der Waals surface area (Å²) in [4.78, 5) is 12.3. The van der Waals surface area contributed by atoms with Crippen LogP contribution in [0.3, 0.4) is 0 Å². The maximum Gasteiger partial charge on any atom is 0.212 e. The van der Waals surface area contributed by atoms with E-state index in [0.29, 0.717) is 13.2 Å². The van der Waals surface area contributed by atoms with Crippen molar-refractivity contribution >= 4 is 17.4 Å². The summed E-state index contributed by atoms with van der Waals surface area (Å²) in [6, 6.07) is 2.93. The predicted molar refractivity (Wildman–Crippen MR) is 68.9 cm³/mol. The lowest BCUT2D eigenvalue weighted by Crippen LogP contribution is -2.15. The first-order valence-electron chi connectivity index (χ1n) is 5.74. The summed E-state index contributed by atoms with van der Waals surface area (Å²) in [5.74, 6) is -2.63. The number of hydrogen-bond donors (Lipinski definition) is 0. The molecule has 0 aliphatic rings. The summed E-state index contributed by atoms with van der Waals surface area (Å²) in [6.45, 7) is 0.671. The van der Waals surface area contributed by atoms with E-state index in [2.05, 4.69) is 5.10 Å². The van der Waals surface area contributed by atoms with Gasteiger partial charge in [-0.05, 0) is 18.2 Å². The fraction of sp³-hybridized carbons (Fsp3) is 0.231. The lowest BCUT2D eigenvalue weighted by Gasteiger charge is -2.07. The van der Waals surface area contributed by atoms with Crippen LogP contribution in [0.1, 0.15) is 16.1 Å². The fourth-order valence-corrected chi connectivity index (χ4v) is 1.94. The molecule has 0 spiro atoms. The molecule has 0 saturated heterocycles. The van der Waals surface area contributed by atoms with Gasteiger partial charge < -0.3 is 4.74 Å². The second kappa shape index (κ2) is 6.11. The molecule has 2 aromatic rings. The Bertz CT molecular complexity index is 643. The van der Waals surface area contributed by atoms with Crippen LogP contribution >= 0.6 is 11.6 Å². The lowest BCUT2D eigenvalue weighted by molar-refractivity contribution is 0.102. The molecule has 1 heterocycles. The van der Waals surface area contributed by atoms with E-state index in [1.165, 1.54) is 24.1 Å². The Morgan fingerprint density at radius 1 is 1.40 bits per heavy atom. The molecule has 0 N–H and O–H groups in total. The number of nitrogens with zero attached hydrogens (tertiary/aromatic N) is 2. The van der Waals surface area contributed by atoms with Crippen LogP contribution in [0.4, 0.5) is 8.78 Å². The molecule has 0 aliphatic heterocycles. The van der Waals surface area contributed by atoms with Gasteiger partial charge in [-0.1, -0.05) is 11.6 Å². The molecule has 0 amide bonds. The number of carbonyl (C=O) groups excluding carboxylic acids is 1. The van der Waals surface area contributed by atoms with Crippen molar-refractivity contribution in [2.24, 2.45) is 0 Å². The quantitative estimate of drug-likeness (QED) is 0.798. The van der Waals surface area contributed by atoms with E-state index in [1.807, 2.05) is 0 Å². The summed E-state index contributed by atoms with van der Waals surface area (Å²) in [5.41, 5.74) is 0.125.